The number of hydrogen-bond acceptors (Lipinski definition) is 5. The van der Waals surface area contributed by atoms with Crippen molar-refractivity contribution in [2.75, 3.05) is 20.6 Å². The SMILES string of the molecule is Cc1nc2nc3ccn(CCN(C)C)c(=O)c3c(-c3cccc(Cl)c3)n2n1. The lowest BCUT2D eigenvalue weighted by molar-refractivity contribution is 0.381. The number of likely N-dealkylation sites (N-methyl/N-ethyl adjacent to an activating group) is 1. The van der Waals surface area contributed by atoms with Gasteiger partial charge >= 0.3 is 0 Å². The van der Waals surface area contributed by atoms with Gasteiger partial charge in [0.05, 0.1) is 16.6 Å². The highest BCUT2D eigenvalue weighted by atomic mass is 35.5. The van der Waals surface area contributed by atoms with Crippen LogP contribution in [0.15, 0.2) is 41.3 Å². The topological polar surface area (TPSA) is 68.3 Å². The molecule has 0 aliphatic rings. The van der Waals surface area contributed by atoms with Crippen LogP contribution in [0.4, 0.5) is 0 Å². The summed E-state index contributed by atoms with van der Waals surface area (Å²) < 4.78 is 3.33. The van der Waals surface area contributed by atoms with E-state index in [0.29, 0.717) is 39.8 Å². The van der Waals surface area contributed by atoms with E-state index in [-0.39, 0.29) is 5.56 Å². The Morgan fingerprint density at radius 3 is 2.74 bits per heavy atom. The first-order chi connectivity index (χ1) is 12.9. The molecule has 27 heavy (non-hydrogen) atoms. The molecule has 0 spiro atoms. The third-order valence-corrected chi connectivity index (χ3v) is 4.63. The minimum absolute atomic E-state index is 0.105. The molecule has 3 aromatic heterocycles. The number of nitrogens with zero attached hydrogens (tertiary/aromatic N) is 6. The first-order valence-electron chi connectivity index (χ1n) is 8.61. The van der Waals surface area contributed by atoms with Crippen molar-refractivity contribution in [1.82, 2.24) is 29.0 Å². The summed E-state index contributed by atoms with van der Waals surface area (Å²) in [5, 5.41) is 5.56. The van der Waals surface area contributed by atoms with Crippen molar-refractivity contribution in [2.24, 2.45) is 0 Å². The van der Waals surface area contributed by atoms with Crippen LogP contribution in [0.2, 0.25) is 5.02 Å². The highest BCUT2D eigenvalue weighted by molar-refractivity contribution is 6.30. The Kier molecular flexibility index (Phi) is 4.41. The van der Waals surface area contributed by atoms with Crippen LogP contribution in [0.25, 0.3) is 27.9 Å². The molecule has 1 aromatic carbocycles. The van der Waals surface area contributed by atoms with Crippen LogP contribution in [0.3, 0.4) is 0 Å². The molecule has 0 radical (unpaired) electrons. The first-order valence-corrected chi connectivity index (χ1v) is 8.99. The number of rotatable bonds is 4. The summed E-state index contributed by atoms with van der Waals surface area (Å²) in [6, 6.07) is 9.24. The van der Waals surface area contributed by atoms with Crippen molar-refractivity contribution < 1.29 is 0 Å². The largest absolute Gasteiger partial charge is 0.314 e. The molecule has 0 amide bonds. The zero-order valence-corrected chi connectivity index (χ0v) is 16.1. The van der Waals surface area contributed by atoms with Gasteiger partial charge in [0, 0.05) is 29.9 Å². The van der Waals surface area contributed by atoms with Gasteiger partial charge in [-0.25, -0.2) is 4.98 Å². The number of fused-ring (bicyclic) bond motifs is 2. The Bertz CT molecular complexity index is 1210. The summed E-state index contributed by atoms with van der Waals surface area (Å²) >= 11 is 6.21. The van der Waals surface area contributed by atoms with Gasteiger partial charge in [-0.15, -0.1) is 5.10 Å². The molecular formula is C19H19ClN6O. The van der Waals surface area contributed by atoms with Crippen molar-refractivity contribution in [3.8, 4) is 11.3 Å². The zero-order chi connectivity index (χ0) is 19.1. The zero-order valence-electron chi connectivity index (χ0n) is 15.3. The number of aromatic nitrogens is 5. The molecule has 0 fully saturated rings. The molecule has 3 heterocycles. The second-order valence-corrected chi connectivity index (χ2v) is 7.16. The van der Waals surface area contributed by atoms with Crippen molar-refractivity contribution >= 4 is 28.3 Å². The van der Waals surface area contributed by atoms with Crippen LogP contribution in [-0.4, -0.2) is 49.7 Å². The van der Waals surface area contributed by atoms with Crippen LogP contribution in [0, 0.1) is 6.92 Å². The summed E-state index contributed by atoms with van der Waals surface area (Å²) in [5.41, 5.74) is 1.94. The van der Waals surface area contributed by atoms with Gasteiger partial charge in [0.2, 0.25) is 0 Å². The standard InChI is InChI=1S/C19H19ClN6O/c1-12-21-19-22-15-7-8-25(10-9-24(2)3)18(27)16(15)17(26(19)23-12)13-5-4-6-14(20)11-13/h4-8,11H,9-10H2,1-3H3. The summed E-state index contributed by atoms with van der Waals surface area (Å²) in [5.74, 6) is 1.05. The smallest absolute Gasteiger partial charge is 0.262 e. The van der Waals surface area contributed by atoms with E-state index in [2.05, 4.69) is 15.1 Å². The van der Waals surface area contributed by atoms with Crippen LogP contribution in [0.1, 0.15) is 5.82 Å². The monoisotopic (exact) mass is 382 g/mol. The molecule has 7 nitrogen and oxygen atoms in total. The van der Waals surface area contributed by atoms with Crippen LogP contribution >= 0.6 is 11.6 Å². The Morgan fingerprint density at radius 2 is 2.00 bits per heavy atom. The fraction of sp³-hybridized carbons (Fsp3) is 0.263. The maximum atomic E-state index is 13.3. The number of hydrogen-bond donors (Lipinski definition) is 0. The van der Waals surface area contributed by atoms with E-state index in [9.17, 15) is 4.79 Å². The van der Waals surface area contributed by atoms with Crippen LogP contribution in [0.5, 0.6) is 0 Å². The molecule has 4 aromatic rings. The molecule has 4 rings (SSSR count). The maximum absolute atomic E-state index is 13.3. The van der Waals surface area contributed by atoms with E-state index in [1.54, 1.807) is 28.3 Å². The molecular weight excluding hydrogens is 364 g/mol. The van der Waals surface area contributed by atoms with Gasteiger partial charge in [-0.3, -0.25) is 4.79 Å². The van der Waals surface area contributed by atoms with Crippen molar-refractivity contribution in [3.63, 3.8) is 0 Å². The summed E-state index contributed by atoms with van der Waals surface area (Å²) in [6.07, 6.45) is 1.78. The third kappa shape index (κ3) is 3.20. The Morgan fingerprint density at radius 1 is 1.19 bits per heavy atom. The molecule has 0 aliphatic carbocycles. The number of aryl methyl sites for hydroxylation is 1. The Labute approximate surface area is 160 Å². The average Bonchev–Trinajstić information content (AvgIpc) is 2.99. The predicted molar refractivity (Wildman–Crippen MR) is 106 cm³/mol. The van der Waals surface area contributed by atoms with Gasteiger partial charge in [0.25, 0.3) is 11.3 Å². The fourth-order valence-electron chi connectivity index (χ4n) is 3.11. The van der Waals surface area contributed by atoms with Crippen molar-refractivity contribution in [1.29, 1.82) is 0 Å². The number of halogens is 1. The lowest BCUT2D eigenvalue weighted by Crippen LogP contribution is -2.27. The van der Waals surface area contributed by atoms with Crippen molar-refractivity contribution in [3.05, 3.63) is 57.7 Å². The van der Waals surface area contributed by atoms with E-state index >= 15 is 0 Å². The number of pyridine rings is 1. The molecule has 0 unspecified atom stereocenters. The summed E-state index contributed by atoms with van der Waals surface area (Å²) in [6.45, 7) is 3.15. The highest BCUT2D eigenvalue weighted by Crippen LogP contribution is 2.28. The van der Waals surface area contributed by atoms with Gasteiger partial charge in [-0.05, 0) is 39.2 Å². The first kappa shape index (κ1) is 17.6. The average molecular weight is 383 g/mol. The predicted octanol–water partition coefficient (Wildman–Crippen LogP) is 2.63. The highest BCUT2D eigenvalue weighted by Gasteiger charge is 2.18. The molecule has 8 heteroatoms. The van der Waals surface area contributed by atoms with Gasteiger partial charge < -0.3 is 9.47 Å². The quantitative estimate of drug-likeness (QED) is 0.542. The molecule has 0 atom stereocenters. The van der Waals surface area contributed by atoms with Gasteiger partial charge in [0.15, 0.2) is 0 Å². The second kappa shape index (κ2) is 6.75. The minimum atomic E-state index is -0.105. The Balaban J connectivity index is 2.08. The Hall–Kier alpha value is -2.77. The second-order valence-electron chi connectivity index (χ2n) is 6.72. The van der Waals surface area contributed by atoms with E-state index in [4.69, 9.17) is 11.6 Å². The molecule has 0 saturated heterocycles. The fourth-order valence-corrected chi connectivity index (χ4v) is 3.30. The number of benzene rings is 1. The van der Waals surface area contributed by atoms with E-state index in [1.807, 2.05) is 43.3 Å². The van der Waals surface area contributed by atoms with Crippen LogP contribution in [-0.2, 0) is 6.54 Å². The molecule has 0 aliphatic heterocycles. The van der Waals surface area contributed by atoms with Gasteiger partial charge in [-0.2, -0.15) is 9.50 Å². The lowest BCUT2D eigenvalue weighted by atomic mass is 10.1. The maximum Gasteiger partial charge on any atom is 0.262 e. The lowest BCUT2D eigenvalue weighted by Gasteiger charge is -2.13. The molecule has 138 valence electrons. The van der Waals surface area contributed by atoms with E-state index in [0.717, 1.165) is 12.1 Å². The molecule has 0 saturated carbocycles. The van der Waals surface area contributed by atoms with E-state index < -0.39 is 0 Å². The van der Waals surface area contributed by atoms with E-state index in [1.165, 1.54) is 0 Å². The van der Waals surface area contributed by atoms with Gasteiger partial charge in [-0.1, -0.05) is 23.7 Å². The normalized spacial score (nSPS) is 11.7. The molecule has 0 bridgehead atoms. The van der Waals surface area contributed by atoms with Crippen LogP contribution < -0.4 is 5.56 Å². The minimum Gasteiger partial charge on any atom is -0.314 e. The third-order valence-electron chi connectivity index (χ3n) is 4.39. The van der Waals surface area contributed by atoms with Crippen molar-refractivity contribution in [2.45, 2.75) is 13.5 Å². The molecule has 0 N–H and O–H groups in total. The summed E-state index contributed by atoms with van der Waals surface area (Å²) in [7, 11) is 3.96. The van der Waals surface area contributed by atoms with Gasteiger partial charge in [0.1, 0.15) is 5.82 Å². The summed E-state index contributed by atoms with van der Waals surface area (Å²) in [4.78, 5) is 24.2.